The first-order valence-electron chi connectivity index (χ1n) is 14.0. The Balaban J connectivity index is 1.31. The number of benzene rings is 3. The quantitative estimate of drug-likeness (QED) is 0.285. The third-order valence-electron chi connectivity index (χ3n) is 8.85. The molecule has 5 heteroatoms. The average molecular weight is 530 g/mol. The minimum Gasteiger partial charge on any atom is -0.489 e. The van der Waals surface area contributed by atoms with Gasteiger partial charge in [-0.25, -0.2) is 0 Å². The van der Waals surface area contributed by atoms with Crippen LogP contribution < -0.4 is 10.1 Å². The number of esters is 1. The molecule has 4 saturated carbocycles. The van der Waals surface area contributed by atoms with Gasteiger partial charge in [0.15, 0.2) is 0 Å². The fourth-order valence-corrected chi connectivity index (χ4v) is 7.95. The number of anilines is 1. The molecule has 4 aliphatic carbocycles. The van der Waals surface area contributed by atoms with Gasteiger partial charge in [0.2, 0.25) is 0 Å². The molecule has 4 aliphatic rings. The molecule has 38 heavy (non-hydrogen) atoms. The van der Waals surface area contributed by atoms with Gasteiger partial charge in [0, 0.05) is 16.8 Å². The summed E-state index contributed by atoms with van der Waals surface area (Å²) >= 11 is 6.81. The second-order valence-electron chi connectivity index (χ2n) is 11.5. The lowest BCUT2D eigenvalue weighted by molar-refractivity contribution is -0.140. The Hall–Kier alpha value is -2.98. The summed E-state index contributed by atoms with van der Waals surface area (Å²) in [7, 11) is 0. The van der Waals surface area contributed by atoms with E-state index in [0.717, 1.165) is 40.3 Å². The van der Waals surface area contributed by atoms with Crippen LogP contribution in [0.5, 0.6) is 5.75 Å². The molecule has 7 rings (SSSR count). The van der Waals surface area contributed by atoms with Crippen LogP contribution in [0, 0.1) is 17.8 Å². The van der Waals surface area contributed by atoms with E-state index in [9.17, 15) is 4.79 Å². The number of hydrogen-bond acceptors (Lipinski definition) is 4. The van der Waals surface area contributed by atoms with Crippen molar-refractivity contribution >= 4 is 23.3 Å². The summed E-state index contributed by atoms with van der Waals surface area (Å²) < 4.78 is 11.6. The fourth-order valence-electron chi connectivity index (χ4n) is 7.66. The second kappa shape index (κ2) is 10.6. The van der Waals surface area contributed by atoms with E-state index < -0.39 is 0 Å². The molecule has 0 amide bonds. The highest BCUT2D eigenvalue weighted by molar-refractivity contribution is 6.33. The van der Waals surface area contributed by atoms with E-state index >= 15 is 0 Å². The van der Waals surface area contributed by atoms with Gasteiger partial charge < -0.3 is 14.8 Å². The first kappa shape index (κ1) is 25.3. The maximum atomic E-state index is 11.7. The maximum absolute atomic E-state index is 11.7. The number of rotatable bonds is 9. The molecule has 0 heterocycles. The summed E-state index contributed by atoms with van der Waals surface area (Å²) in [6.07, 6.45) is 8.04. The Labute approximate surface area is 230 Å². The van der Waals surface area contributed by atoms with Gasteiger partial charge in [-0.05, 0) is 104 Å². The van der Waals surface area contributed by atoms with Crippen molar-refractivity contribution in [3.05, 3.63) is 82.9 Å². The van der Waals surface area contributed by atoms with E-state index in [1.165, 1.54) is 49.7 Å². The van der Waals surface area contributed by atoms with E-state index in [1.807, 2.05) is 24.3 Å². The zero-order valence-corrected chi connectivity index (χ0v) is 22.8. The molecule has 4 bridgehead atoms. The van der Waals surface area contributed by atoms with Crippen molar-refractivity contribution in [3.8, 4) is 16.9 Å². The van der Waals surface area contributed by atoms with Gasteiger partial charge in [-0.3, -0.25) is 4.79 Å². The Morgan fingerprint density at radius 2 is 1.66 bits per heavy atom. The van der Waals surface area contributed by atoms with Crippen LogP contribution in [-0.2, 0) is 21.6 Å². The predicted octanol–water partition coefficient (Wildman–Crippen LogP) is 8.03. The van der Waals surface area contributed by atoms with Gasteiger partial charge in [-0.1, -0.05) is 54.1 Å². The van der Waals surface area contributed by atoms with Gasteiger partial charge in [0.25, 0.3) is 0 Å². The lowest BCUT2D eigenvalue weighted by atomic mass is 9.48. The smallest absolute Gasteiger partial charge is 0.325 e. The van der Waals surface area contributed by atoms with Crippen LogP contribution in [0.1, 0.15) is 56.6 Å². The molecule has 0 radical (unpaired) electrons. The van der Waals surface area contributed by atoms with Gasteiger partial charge in [-0.2, -0.15) is 0 Å². The third-order valence-corrected chi connectivity index (χ3v) is 9.16. The minimum absolute atomic E-state index is 0.118. The van der Waals surface area contributed by atoms with Crippen LogP contribution in [0.3, 0.4) is 0 Å². The van der Waals surface area contributed by atoms with Crippen LogP contribution in [-0.4, -0.2) is 19.1 Å². The number of ether oxygens (including phenoxy) is 2. The lowest BCUT2D eigenvalue weighted by Gasteiger charge is -2.57. The van der Waals surface area contributed by atoms with E-state index in [1.54, 1.807) is 6.92 Å². The van der Waals surface area contributed by atoms with Gasteiger partial charge in [0.1, 0.15) is 18.9 Å². The summed E-state index contributed by atoms with van der Waals surface area (Å²) in [5.74, 6) is 3.28. The van der Waals surface area contributed by atoms with Crippen molar-refractivity contribution in [1.82, 2.24) is 0 Å². The standard InChI is InChI=1S/C33H36ClNO3/c1-2-37-32(36)20-35-27-9-10-28(30(34)16-27)26-8-11-31(38-21-22-6-4-3-5-7-22)29(15-26)33-17-23-12-24(18-33)14-25(13-23)19-33/h3-11,15-16,23-25,35H,2,12-14,17-21H2,1H3. The van der Waals surface area contributed by atoms with Gasteiger partial charge >= 0.3 is 5.97 Å². The highest BCUT2D eigenvalue weighted by atomic mass is 35.5. The van der Waals surface area contributed by atoms with Crippen molar-refractivity contribution < 1.29 is 14.3 Å². The molecule has 0 spiro atoms. The number of hydrogen-bond donors (Lipinski definition) is 1. The van der Waals surface area contributed by atoms with E-state index in [4.69, 9.17) is 21.1 Å². The van der Waals surface area contributed by atoms with Crippen LogP contribution in [0.4, 0.5) is 5.69 Å². The minimum atomic E-state index is -0.279. The van der Waals surface area contributed by atoms with Crippen LogP contribution >= 0.6 is 11.6 Å². The molecular weight excluding hydrogens is 494 g/mol. The topological polar surface area (TPSA) is 47.6 Å². The van der Waals surface area contributed by atoms with Crippen molar-refractivity contribution in [2.24, 2.45) is 17.8 Å². The number of carbonyl (C=O) groups excluding carboxylic acids is 1. The van der Waals surface area contributed by atoms with Crippen LogP contribution in [0.25, 0.3) is 11.1 Å². The van der Waals surface area contributed by atoms with Gasteiger partial charge in [0.05, 0.1) is 11.6 Å². The first-order valence-corrected chi connectivity index (χ1v) is 14.4. The van der Waals surface area contributed by atoms with Crippen molar-refractivity contribution in [2.75, 3.05) is 18.5 Å². The number of halogens is 1. The zero-order chi connectivity index (χ0) is 26.1. The average Bonchev–Trinajstić information content (AvgIpc) is 2.91. The van der Waals surface area contributed by atoms with Crippen molar-refractivity contribution in [3.63, 3.8) is 0 Å². The Morgan fingerprint density at radius 3 is 2.32 bits per heavy atom. The third kappa shape index (κ3) is 5.16. The predicted molar refractivity (Wildman–Crippen MR) is 153 cm³/mol. The largest absolute Gasteiger partial charge is 0.489 e. The molecule has 3 aromatic rings. The molecule has 0 aromatic heterocycles. The van der Waals surface area contributed by atoms with Gasteiger partial charge in [-0.15, -0.1) is 0 Å². The summed E-state index contributed by atoms with van der Waals surface area (Å²) in [6, 6.07) is 23.0. The molecule has 0 atom stereocenters. The molecule has 4 nitrogen and oxygen atoms in total. The van der Waals surface area contributed by atoms with Crippen LogP contribution in [0.2, 0.25) is 5.02 Å². The molecule has 0 unspecified atom stereocenters. The monoisotopic (exact) mass is 529 g/mol. The van der Waals surface area contributed by atoms with Crippen molar-refractivity contribution in [2.45, 2.75) is 57.5 Å². The summed E-state index contributed by atoms with van der Waals surface area (Å²) in [6.45, 7) is 2.87. The number of carbonyl (C=O) groups is 1. The lowest BCUT2D eigenvalue weighted by Crippen LogP contribution is -2.48. The highest BCUT2D eigenvalue weighted by Crippen LogP contribution is 2.62. The second-order valence-corrected chi connectivity index (χ2v) is 11.9. The Morgan fingerprint density at radius 1 is 0.947 bits per heavy atom. The Bertz CT molecular complexity index is 1270. The fraction of sp³-hybridized carbons (Fsp3) is 0.424. The molecule has 0 aliphatic heterocycles. The van der Waals surface area contributed by atoms with E-state index in [2.05, 4.69) is 47.8 Å². The zero-order valence-electron chi connectivity index (χ0n) is 22.0. The summed E-state index contributed by atoms with van der Waals surface area (Å²) in [4.78, 5) is 11.7. The SMILES string of the molecule is CCOC(=O)CNc1ccc(-c2ccc(OCc3ccccc3)c(C34CC5CC(CC(C5)C3)C4)c2)c(Cl)c1. The van der Waals surface area contributed by atoms with Crippen LogP contribution in [0.15, 0.2) is 66.7 Å². The highest BCUT2D eigenvalue weighted by Gasteiger charge is 2.52. The summed E-state index contributed by atoms with van der Waals surface area (Å²) in [5, 5.41) is 3.77. The molecule has 0 saturated heterocycles. The van der Waals surface area contributed by atoms with E-state index in [0.29, 0.717) is 18.2 Å². The maximum Gasteiger partial charge on any atom is 0.325 e. The molecule has 4 fully saturated rings. The Kier molecular flexibility index (Phi) is 7.09. The number of nitrogens with one attached hydrogen (secondary N) is 1. The summed E-state index contributed by atoms with van der Waals surface area (Å²) in [5.41, 5.74) is 5.66. The normalized spacial score (nSPS) is 25.3. The molecule has 1 N–H and O–H groups in total. The first-order chi connectivity index (χ1) is 18.5. The molecule has 198 valence electrons. The van der Waals surface area contributed by atoms with Crippen molar-refractivity contribution in [1.29, 1.82) is 0 Å². The van der Waals surface area contributed by atoms with E-state index in [-0.39, 0.29) is 17.9 Å². The molecular formula is C33H36ClNO3. The molecule has 3 aromatic carbocycles.